The first-order valence-corrected chi connectivity index (χ1v) is 9.55. The van der Waals surface area contributed by atoms with Gasteiger partial charge in [-0.05, 0) is 31.5 Å². The quantitative estimate of drug-likeness (QED) is 0.545. The van der Waals surface area contributed by atoms with Gasteiger partial charge in [-0.2, -0.15) is 0 Å². The van der Waals surface area contributed by atoms with E-state index < -0.39 is 6.10 Å². The van der Waals surface area contributed by atoms with Crippen LogP contribution in [0.25, 0.3) is 0 Å². The third kappa shape index (κ3) is 8.10. The van der Waals surface area contributed by atoms with Crippen molar-refractivity contribution in [2.24, 2.45) is 0 Å². The highest BCUT2D eigenvalue weighted by molar-refractivity contribution is 5.46. The zero-order chi connectivity index (χ0) is 19.3. The second kappa shape index (κ2) is 12.5. The molecule has 1 atom stereocenters. The van der Waals surface area contributed by atoms with Crippen molar-refractivity contribution in [2.75, 3.05) is 37.8 Å². The molecule has 0 aliphatic rings. The van der Waals surface area contributed by atoms with E-state index >= 15 is 0 Å². The minimum Gasteiger partial charge on any atom is -0.389 e. The van der Waals surface area contributed by atoms with Crippen molar-refractivity contribution < 1.29 is 19.3 Å². The summed E-state index contributed by atoms with van der Waals surface area (Å²) in [6.45, 7) is 6.80. The molecular weight excluding hydrogens is 342 g/mol. The molecule has 0 saturated heterocycles. The molecule has 0 aromatic heterocycles. The van der Waals surface area contributed by atoms with E-state index in [1.54, 1.807) is 0 Å². The largest absolute Gasteiger partial charge is 0.389 e. The predicted molar refractivity (Wildman–Crippen MR) is 108 cm³/mol. The van der Waals surface area contributed by atoms with E-state index in [1.165, 1.54) is 0 Å². The Labute approximate surface area is 162 Å². The lowest BCUT2D eigenvalue weighted by molar-refractivity contribution is -0.130. The minimum absolute atomic E-state index is 0.270. The topological polar surface area (TPSA) is 51.2 Å². The van der Waals surface area contributed by atoms with Gasteiger partial charge in [0.2, 0.25) is 0 Å². The predicted octanol–water partition coefficient (Wildman–Crippen LogP) is 3.47. The number of ether oxygens (including phenoxy) is 3. The molecule has 148 valence electrons. The second-order valence-corrected chi connectivity index (χ2v) is 6.24. The van der Waals surface area contributed by atoms with Gasteiger partial charge in [-0.1, -0.05) is 48.5 Å². The van der Waals surface area contributed by atoms with Crippen molar-refractivity contribution >= 4 is 5.69 Å². The van der Waals surface area contributed by atoms with E-state index in [0.717, 1.165) is 11.3 Å². The SMILES string of the molecule is CCOC(CN(CC(O)COCc1ccccc1)c1ccccc1)OCC. The van der Waals surface area contributed by atoms with Gasteiger partial charge in [-0.15, -0.1) is 0 Å². The molecule has 0 radical (unpaired) electrons. The summed E-state index contributed by atoms with van der Waals surface area (Å²) in [7, 11) is 0. The summed E-state index contributed by atoms with van der Waals surface area (Å²) in [5, 5.41) is 10.5. The van der Waals surface area contributed by atoms with Crippen LogP contribution >= 0.6 is 0 Å². The average molecular weight is 373 g/mol. The lowest BCUT2D eigenvalue weighted by Crippen LogP contribution is -2.41. The molecule has 0 saturated carbocycles. The number of aliphatic hydroxyl groups excluding tert-OH is 1. The van der Waals surface area contributed by atoms with Crippen molar-refractivity contribution in [3.8, 4) is 0 Å². The van der Waals surface area contributed by atoms with E-state index in [9.17, 15) is 5.11 Å². The highest BCUT2D eigenvalue weighted by Crippen LogP contribution is 2.16. The number of nitrogens with zero attached hydrogens (tertiary/aromatic N) is 1. The monoisotopic (exact) mass is 373 g/mol. The lowest BCUT2D eigenvalue weighted by Gasteiger charge is -2.30. The summed E-state index contributed by atoms with van der Waals surface area (Å²) >= 11 is 0. The molecule has 5 heteroatoms. The number of aliphatic hydroxyl groups is 1. The number of anilines is 1. The van der Waals surface area contributed by atoms with Crippen LogP contribution in [-0.2, 0) is 20.8 Å². The summed E-state index contributed by atoms with van der Waals surface area (Å²) in [6, 6.07) is 19.9. The number of hydrogen-bond acceptors (Lipinski definition) is 5. The molecule has 5 nitrogen and oxygen atoms in total. The Morgan fingerprint density at radius 1 is 0.852 bits per heavy atom. The second-order valence-electron chi connectivity index (χ2n) is 6.24. The van der Waals surface area contributed by atoms with Gasteiger partial charge in [-0.3, -0.25) is 0 Å². The summed E-state index contributed by atoms with van der Waals surface area (Å²) in [5.74, 6) is 0. The number of benzene rings is 2. The van der Waals surface area contributed by atoms with Crippen LogP contribution in [-0.4, -0.2) is 50.4 Å². The molecule has 0 bridgehead atoms. The molecular formula is C22H31NO4. The van der Waals surface area contributed by atoms with Crippen molar-refractivity contribution in [3.63, 3.8) is 0 Å². The molecule has 0 fully saturated rings. The summed E-state index contributed by atoms with van der Waals surface area (Å²) in [4.78, 5) is 2.08. The normalized spacial score (nSPS) is 12.3. The van der Waals surface area contributed by atoms with Gasteiger partial charge in [0.05, 0.1) is 25.9 Å². The molecule has 0 aliphatic carbocycles. The molecule has 0 heterocycles. The number of para-hydroxylation sites is 1. The molecule has 1 unspecified atom stereocenters. The first kappa shape index (κ1) is 21.4. The fourth-order valence-electron chi connectivity index (χ4n) is 2.82. The summed E-state index contributed by atoms with van der Waals surface area (Å²) < 4.78 is 17.0. The molecule has 0 amide bonds. The van der Waals surface area contributed by atoms with Crippen molar-refractivity contribution in [3.05, 3.63) is 66.2 Å². The van der Waals surface area contributed by atoms with Crippen LogP contribution in [0.3, 0.4) is 0 Å². The highest BCUT2D eigenvalue weighted by atomic mass is 16.7. The van der Waals surface area contributed by atoms with Crippen LogP contribution in [0.1, 0.15) is 19.4 Å². The molecule has 0 spiro atoms. The lowest BCUT2D eigenvalue weighted by atomic mass is 10.2. The van der Waals surface area contributed by atoms with E-state index in [2.05, 4.69) is 4.90 Å². The fraction of sp³-hybridized carbons (Fsp3) is 0.455. The van der Waals surface area contributed by atoms with Gasteiger partial charge in [0, 0.05) is 25.4 Å². The van der Waals surface area contributed by atoms with Crippen LogP contribution in [0.4, 0.5) is 5.69 Å². The minimum atomic E-state index is -0.613. The van der Waals surface area contributed by atoms with Gasteiger partial charge >= 0.3 is 0 Å². The van der Waals surface area contributed by atoms with Gasteiger partial charge in [0.1, 0.15) is 0 Å². The Bertz CT molecular complexity index is 602. The van der Waals surface area contributed by atoms with Gasteiger partial charge in [-0.25, -0.2) is 0 Å². The Hall–Kier alpha value is -1.92. The maximum absolute atomic E-state index is 10.5. The molecule has 2 rings (SSSR count). The first-order chi connectivity index (χ1) is 13.2. The Kier molecular flexibility index (Phi) is 9.87. The zero-order valence-corrected chi connectivity index (χ0v) is 16.3. The van der Waals surface area contributed by atoms with E-state index in [0.29, 0.717) is 32.9 Å². The third-order valence-electron chi connectivity index (χ3n) is 4.05. The maximum Gasteiger partial charge on any atom is 0.174 e. The van der Waals surface area contributed by atoms with E-state index in [4.69, 9.17) is 14.2 Å². The van der Waals surface area contributed by atoms with Gasteiger partial charge < -0.3 is 24.2 Å². The average Bonchev–Trinajstić information content (AvgIpc) is 2.69. The van der Waals surface area contributed by atoms with Crippen molar-refractivity contribution in [1.29, 1.82) is 0 Å². The number of hydrogen-bond donors (Lipinski definition) is 1. The Balaban J connectivity index is 1.92. The fourth-order valence-corrected chi connectivity index (χ4v) is 2.82. The molecule has 2 aromatic rings. The molecule has 27 heavy (non-hydrogen) atoms. The summed E-state index contributed by atoms with van der Waals surface area (Å²) in [5.41, 5.74) is 2.11. The van der Waals surface area contributed by atoms with Crippen LogP contribution < -0.4 is 4.90 Å². The Morgan fingerprint density at radius 3 is 2.04 bits per heavy atom. The standard InChI is InChI=1S/C22H31NO4/c1-3-26-22(27-4-2)16-23(20-13-9-6-10-14-20)15-21(24)18-25-17-19-11-7-5-8-12-19/h5-14,21-22,24H,3-4,15-18H2,1-2H3. The van der Waals surface area contributed by atoms with Crippen molar-refractivity contribution in [2.45, 2.75) is 32.8 Å². The van der Waals surface area contributed by atoms with E-state index in [-0.39, 0.29) is 12.9 Å². The first-order valence-electron chi connectivity index (χ1n) is 9.55. The van der Waals surface area contributed by atoms with Gasteiger partial charge in [0.25, 0.3) is 0 Å². The smallest absolute Gasteiger partial charge is 0.174 e. The third-order valence-corrected chi connectivity index (χ3v) is 4.05. The summed E-state index contributed by atoms with van der Waals surface area (Å²) in [6.07, 6.45) is -0.949. The van der Waals surface area contributed by atoms with Crippen molar-refractivity contribution in [1.82, 2.24) is 0 Å². The maximum atomic E-state index is 10.5. The Morgan fingerprint density at radius 2 is 1.44 bits per heavy atom. The number of rotatable bonds is 13. The van der Waals surface area contributed by atoms with Gasteiger partial charge in [0.15, 0.2) is 6.29 Å². The van der Waals surface area contributed by atoms with Crippen LogP contribution in [0, 0.1) is 0 Å². The highest BCUT2D eigenvalue weighted by Gasteiger charge is 2.18. The van der Waals surface area contributed by atoms with Crippen LogP contribution in [0.2, 0.25) is 0 Å². The molecule has 0 aliphatic heterocycles. The van der Waals surface area contributed by atoms with Crippen LogP contribution in [0.15, 0.2) is 60.7 Å². The van der Waals surface area contributed by atoms with Crippen LogP contribution in [0.5, 0.6) is 0 Å². The molecule has 1 N–H and O–H groups in total. The van der Waals surface area contributed by atoms with E-state index in [1.807, 2.05) is 74.5 Å². The molecule has 2 aromatic carbocycles. The zero-order valence-electron chi connectivity index (χ0n) is 16.3.